The SMILES string of the molecule is CCOCCOCc1cccc(CN=C(N)Nc2ccc(OC(C)C)cc2)c1.I. The van der Waals surface area contributed by atoms with Crippen LogP contribution in [0.2, 0.25) is 0 Å². The zero-order valence-electron chi connectivity index (χ0n) is 17.4. The van der Waals surface area contributed by atoms with Crippen molar-refractivity contribution in [1.82, 2.24) is 0 Å². The number of benzene rings is 2. The van der Waals surface area contributed by atoms with E-state index in [0.717, 1.165) is 22.6 Å². The Labute approximate surface area is 190 Å². The molecule has 0 bridgehead atoms. The number of aliphatic imine (C=N–C) groups is 1. The molecule has 0 fully saturated rings. The van der Waals surface area contributed by atoms with E-state index in [1.165, 1.54) is 0 Å². The molecule has 2 rings (SSSR count). The average molecular weight is 513 g/mol. The standard InChI is InChI=1S/C22H31N3O3.HI/c1-4-26-12-13-27-16-19-7-5-6-18(14-19)15-24-22(23)25-20-8-10-21(11-9-20)28-17(2)3;/h5-11,14,17H,4,12-13,15-16H2,1-3H3,(H3,23,24,25);1H. The van der Waals surface area contributed by atoms with Gasteiger partial charge >= 0.3 is 0 Å². The maximum absolute atomic E-state index is 6.01. The summed E-state index contributed by atoms with van der Waals surface area (Å²) in [5, 5.41) is 3.09. The number of halogens is 1. The second-order valence-electron chi connectivity index (χ2n) is 6.59. The molecular weight excluding hydrogens is 481 g/mol. The van der Waals surface area contributed by atoms with E-state index in [-0.39, 0.29) is 30.1 Å². The molecule has 0 aliphatic rings. The van der Waals surface area contributed by atoms with Crippen LogP contribution in [0.4, 0.5) is 5.69 Å². The zero-order valence-corrected chi connectivity index (χ0v) is 19.7. The predicted molar refractivity (Wildman–Crippen MR) is 129 cm³/mol. The van der Waals surface area contributed by atoms with Gasteiger partial charge in [0.25, 0.3) is 0 Å². The lowest BCUT2D eigenvalue weighted by atomic mass is 10.1. The molecule has 29 heavy (non-hydrogen) atoms. The summed E-state index contributed by atoms with van der Waals surface area (Å²) in [7, 11) is 0. The first-order chi connectivity index (χ1) is 13.6. The third-order valence-electron chi connectivity index (χ3n) is 3.77. The second-order valence-corrected chi connectivity index (χ2v) is 6.59. The lowest BCUT2D eigenvalue weighted by Crippen LogP contribution is -2.22. The Morgan fingerprint density at radius 2 is 1.72 bits per heavy atom. The first kappa shape index (κ1) is 25.2. The first-order valence-corrected chi connectivity index (χ1v) is 9.63. The molecule has 0 aliphatic heterocycles. The summed E-state index contributed by atoms with van der Waals surface area (Å²) in [5.74, 6) is 1.20. The summed E-state index contributed by atoms with van der Waals surface area (Å²) in [6.07, 6.45) is 0.149. The molecule has 2 aromatic carbocycles. The summed E-state index contributed by atoms with van der Waals surface area (Å²) in [4.78, 5) is 4.41. The molecule has 0 amide bonds. The van der Waals surface area contributed by atoms with Gasteiger partial charge in [0.05, 0.1) is 32.5 Å². The molecule has 7 heteroatoms. The van der Waals surface area contributed by atoms with Gasteiger partial charge in [0, 0.05) is 12.3 Å². The highest BCUT2D eigenvalue weighted by atomic mass is 127. The van der Waals surface area contributed by atoms with Crippen molar-refractivity contribution in [2.45, 2.75) is 40.0 Å². The Balaban J connectivity index is 0.00000420. The van der Waals surface area contributed by atoms with E-state index < -0.39 is 0 Å². The van der Waals surface area contributed by atoms with Crippen molar-refractivity contribution in [3.05, 3.63) is 59.7 Å². The molecule has 0 heterocycles. The molecule has 0 atom stereocenters. The van der Waals surface area contributed by atoms with Gasteiger partial charge in [0.15, 0.2) is 5.96 Å². The average Bonchev–Trinajstić information content (AvgIpc) is 2.68. The Hall–Kier alpha value is -1.84. The number of ether oxygens (including phenoxy) is 3. The van der Waals surface area contributed by atoms with Gasteiger partial charge in [0.1, 0.15) is 5.75 Å². The van der Waals surface area contributed by atoms with Crippen LogP contribution in [0.1, 0.15) is 31.9 Å². The van der Waals surface area contributed by atoms with E-state index in [1.807, 2.05) is 63.2 Å². The lowest BCUT2D eigenvalue weighted by molar-refractivity contribution is 0.0453. The molecule has 160 valence electrons. The molecule has 0 aliphatic carbocycles. The van der Waals surface area contributed by atoms with Gasteiger partial charge in [-0.15, -0.1) is 24.0 Å². The fraction of sp³-hybridized carbons (Fsp3) is 0.409. The molecule has 0 saturated carbocycles. The molecule has 2 aromatic rings. The molecule has 6 nitrogen and oxygen atoms in total. The maximum Gasteiger partial charge on any atom is 0.193 e. The van der Waals surface area contributed by atoms with Gasteiger partial charge in [-0.2, -0.15) is 0 Å². The largest absolute Gasteiger partial charge is 0.491 e. The number of hydrogen-bond donors (Lipinski definition) is 2. The molecule has 3 N–H and O–H groups in total. The minimum Gasteiger partial charge on any atom is -0.491 e. The minimum absolute atomic E-state index is 0. The van der Waals surface area contributed by atoms with Crippen LogP contribution in [-0.4, -0.2) is 31.9 Å². The fourth-order valence-electron chi connectivity index (χ4n) is 2.52. The van der Waals surface area contributed by atoms with Gasteiger partial charge < -0.3 is 25.3 Å². The normalized spacial score (nSPS) is 11.2. The third-order valence-corrected chi connectivity index (χ3v) is 3.77. The van der Waals surface area contributed by atoms with Crippen molar-refractivity contribution >= 4 is 35.6 Å². The van der Waals surface area contributed by atoms with Crippen molar-refractivity contribution in [2.75, 3.05) is 25.1 Å². The van der Waals surface area contributed by atoms with Gasteiger partial charge in [0.2, 0.25) is 0 Å². The highest BCUT2D eigenvalue weighted by Gasteiger charge is 2.00. The highest BCUT2D eigenvalue weighted by Crippen LogP contribution is 2.16. The van der Waals surface area contributed by atoms with Crippen molar-refractivity contribution < 1.29 is 14.2 Å². The number of guanidine groups is 1. The second kappa shape index (κ2) is 14.2. The van der Waals surface area contributed by atoms with Crippen LogP contribution in [0.15, 0.2) is 53.5 Å². The molecule has 0 aromatic heterocycles. The minimum atomic E-state index is 0. The van der Waals surface area contributed by atoms with Gasteiger partial charge in [-0.25, -0.2) is 4.99 Å². The Kier molecular flexibility index (Phi) is 12.3. The summed E-state index contributed by atoms with van der Waals surface area (Å²) in [6.45, 7) is 8.95. The molecule has 0 saturated heterocycles. The Morgan fingerprint density at radius 1 is 1.03 bits per heavy atom. The lowest BCUT2D eigenvalue weighted by Gasteiger charge is -2.11. The van der Waals surface area contributed by atoms with E-state index in [1.54, 1.807) is 0 Å². The van der Waals surface area contributed by atoms with E-state index in [0.29, 0.717) is 38.9 Å². The van der Waals surface area contributed by atoms with E-state index in [4.69, 9.17) is 19.9 Å². The van der Waals surface area contributed by atoms with Crippen molar-refractivity contribution in [3.8, 4) is 5.75 Å². The van der Waals surface area contributed by atoms with Crippen molar-refractivity contribution in [2.24, 2.45) is 10.7 Å². The van der Waals surface area contributed by atoms with E-state index >= 15 is 0 Å². The van der Waals surface area contributed by atoms with Gasteiger partial charge in [-0.1, -0.05) is 24.3 Å². The van der Waals surface area contributed by atoms with Gasteiger partial charge in [-0.3, -0.25) is 0 Å². The predicted octanol–water partition coefficient (Wildman–Crippen LogP) is 4.57. The van der Waals surface area contributed by atoms with Crippen LogP contribution >= 0.6 is 24.0 Å². The summed E-state index contributed by atoms with van der Waals surface area (Å²) in [5.41, 5.74) is 9.06. The highest BCUT2D eigenvalue weighted by molar-refractivity contribution is 14.0. The van der Waals surface area contributed by atoms with Crippen molar-refractivity contribution in [1.29, 1.82) is 0 Å². The van der Waals surface area contributed by atoms with Crippen LogP contribution in [0.3, 0.4) is 0 Å². The number of nitrogens with two attached hydrogens (primary N) is 1. The van der Waals surface area contributed by atoms with Crippen LogP contribution < -0.4 is 15.8 Å². The molecule has 0 unspecified atom stereocenters. The van der Waals surface area contributed by atoms with Crippen LogP contribution in [0.25, 0.3) is 0 Å². The number of hydrogen-bond acceptors (Lipinski definition) is 4. The quantitative estimate of drug-likeness (QED) is 0.199. The van der Waals surface area contributed by atoms with E-state index in [9.17, 15) is 0 Å². The number of nitrogens with one attached hydrogen (secondary N) is 1. The van der Waals surface area contributed by atoms with Crippen LogP contribution in [0.5, 0.6) is 5.75 Å². The summed E-state index contributed by atoms with van der Waals surface area (Å²) >= 11 is 0. The smallest absolute Gasteiger partial charge is 0.193 e. The maximum atomic E-state index is 6.01. The monoisotopic (exact) mass is 513 g/mol. The van der Waals surface area contributed by atoms with Crippen molar-refractivity contribution in [3.63, 3.8) is 0 Å². The third kappa shape index (κ3) is 10.5. The molecular formula is C22H32IN3O3. The number of anilines is 1. The number of nitrogens with zero attached hydrogens (tertiary/aromatic N) is 1. The number of rotatable bonds is 11. The van der Waals surface area contributed by atoms with E-state index in [2.05, 4.69) is 16.4 Å². The van der Waals surface area contributed by atoms with Crippen LogP contribution in [0, 0.1) is 0 Å². The summed E-state index contributed by atoms with van der Waals surface area (Å²) < 4.78 is 16.5. The Bertz CT molecular complexity index is 736. The first-order valence-electron chi connectivity index (χ1n) is 9.63. The topological polar surface area (TPSA) is 78.1 Å². The molecule has 0 radical (unpaired) electrons. The van der Waals surface area contributed by atoms with Gasteiger partial charge in [-0.05, 0) is 56.2 Å². The fourth-order valence-corrected chi connectivity index (χ4v) is 2.52. The molecule has 0 spiro atoms. The van der Waals surface area contributed by atoms with Crippen LogP contribution in [-0.2, 0) is 22.6 Å². The Morgan fingerprint density at radius 3 is 2.41 bits per heavy atom. The summed E-state index contributed by atoms with van der Waals surface area (Å²) in [6, 6.07) is 15.8. The zero-order chi connectivity index (χ0) is 20.2.